The van der Waals surface area contributed by atoms with Crippen molar-refractivity contribution in [1.29, 1.82) is 0 Å². The average Bonchev–Trinajstić information content (AvgIpc) is 3.79. The minimum atomic E-state index is -4.14. The van der Waals surface area contributed by atoms with E-state index in [0.29, 0.717) is 28.2 Å². The maximum atomic E-state index is 14.3. The maximum Gasteiger partial charge on any atom is 0.343 e. The van der Waals surface area contributed by atoms with Gasteiger partial charge in [-0.2, -0.15) is 0 Å². The number of hydrogen-bond donors (Lipinski definition) is 4. The molecule has 2 aromatic carbocycles. The summed E-state index contributed by atoms with van der Waals surface area (Å²) in [6.45, 7) is 6.45. The van der Waals surface area contributed by atoms with Crippen LogP contribution in [0.1, 0.15) is 56.4 Å². The van der Waals surface area contributed by atoms with Crippen LogP contribution in [0.15, 0.2) is 24.3 Å². The van der Waals surface area contributed by atoms with Crippen LogP contribution in [-0.4, -0.2) is 117 Å². The number of esters is 1. The molecule has 1 aliphatic carbocycles. The molecule has 12 atom stereocenters. The molecular formula is C37H48NO17P. The van der Waals surface area contributed by atoms with E-state index in [1.54, 1.807) is 45.0 Å². The molecule has 0 aromatic heterocycles. The Labute approximate surface area is 323 Å². The predicted octanol–water partition coefficient (Wildman–Crippen LogP) is 2.90. The lowest BCUT2D eigenvalue weighted by atomic mass is 9.66. The highest BCUT2D eigenvalue weighted by Crippen LogP contribution is 2.58. The van der Waals surface area contributed by atoms with E-state index >= 15 is 0 Å². The number of nitrogens with one attached hydrogen (secondary N) is 1. The van der Waals surface area contributed by atoms with Crippen LogP contribution in [0, 0.1) is 17.8 Å². The van der Waals surface area contributed by atoms with E-state index in [9.17, 15) is 29.5 Å². The summed E-state index contributed by atoms with van der Waals surface area (Å²) in [4.78, 5) is 26.2. The molecule has 308 valence electrons. The Morgan fingerprint density at radius 2 is 1.64 bits per heavy atom. The zero-order chi connectivity index (χ0) is 40.3. The minimum absolute atomic E-state index is 0.0393. The molecule has 4 aliphatic heterocycles. The van der Waals surface area contributed by atoms with Crippen molar-refractivity contribution in [2.24, 2.45) is 17.8 Å². The summed E-state index contributed by atoms with van der Waals surface area (Å²) in [6.07, 6.45) is -7.78. The highest BCUT2D eigenvalue weighted by Gasteiger charge is 2.56. The number of ether oxygens (including phenoxy) is 10. The lowest BCUT2D eigenvalue weighted by molar-refractivity contribution is -0.364. The number of carbonyl (C=O) groups is 2. The molecular weight excluding hydrogens is 761 g/mol. The van der Waals surface area contributed by atoms with Gasteiger partial charge in [0.15, 0.2) is 35.6 Å². The Bertz CT molecular complexity index is 1850. The quantitative estimate of drug-likeness (QED) is 0.169. The summed E-state index contributed by atoms with van der Waals surface area (Å²) in [7, 11) is -0.0856. The lowest BCUT2D eigenvalue weighted by Gasteiger charge is -2.47. The van der Waals surface area contributed by atoms with Crippen molar-refractivity contribution in [2.75, 3.05) is 47.7 Å². The highest BCUT2D eigenvalue weighted by molar-refractivity contribution is 7.57. The van der Waals surface area contributed by atoms with Crippen LogP contribution in [0.25, 0.3) is 0 Å². The summed E-state index contributed by atoms with van der Waals surface area (Å²) < 4.78 is 78.4. The molecule has 5 aliphatic rings. The first-order chi connectivity index (χ1) is 26.6. The number of benzene rings is 2. The highest BCUT2D eigenvalue weighted by atomic mass is 31.2. The van der Waals surface area contributed by atoms with Crippen LogP contribution in [0.2, 0.25) is 0 Å². The molecule has 0 bridgehead atoms. The average molecular weight is 810 g/mol. The predicted molar refractivity (Wildman–Crippen MR) is 191 cm³/mol. The van der Waals surface area contributed by atoms with E-state index < -0.39 is 98.1 Å². The normalized spacial score (nSPS) is 32.6. The lowest BCUT2D eigenvalue weighted by Crippen LogP contribution is -2.63. The molecule has 0 spiro atoms. The van der Waals surface area contributed by atoms with Gasteiger partial charge in [-0.3, -0.25) is 14.2 Å². The van der Waals surface area contributed by atoms with E-state index in [4.69, 9.17) is 51.9 Å². The molecule has 4 heterocycles. The van der Waals surface area contributed by atoms with E-state index in [1.807, 2.05) is 0 Å². The van der Waals surface area contributed by atoms with Crippen molar-refractivity contribution >= 4 is 19.5 Å². The van der Waals surface area contributed by atoms with Crippen LogP contribution >= 0.6 is 7.52 Å². The van der Waals surface area contributed by atoms with E-state index in [-0.39, 0.29) is 37.3 Å². The zero-order valence-electron chi connectivity index (χ0n) is 32.0. The fourth-order valence-electron chi connectivity index (χ4n) is 7.99. The molecule has 0 amide bonds. The summed E-state index contributed by atoms with van der Waals surface area (Å²) in [5.41, 5.74) is 0.0330. The third-order valence-electron chi connectivity index (χ3n) is 11.3. The monoisotopic (exact) mass is 809 g/mol. The maximum absolute atomic E-state index is 14.3. The number of hydrogen-bond acceptors (Lipinski definition) is 16. The number of aliphatic carboxylic acids is 1. The molecule has 3 saturated heterocycles. The number of carboxylic acids is 1. The van der Waals surface area contributed by atoms with Gasteiger partial charge in [-0.15, -0.1) is 0 Å². The van der Waals surface area contributed by atoms with E-state index in [2.05, 4.69) is 5.09 Å². The van der Waals surface area contributed by atoms with Crippen LogP contribution in [-0.2, 0) is 42.6 Å². The number of aliphatic hydroxyl groups is 2. The molecule has 7 rings (SSSR count). The molecule has 4 N–H and O–H groups in total. The topological polar surface area (TPSA) is 225 Å². The van der Waals surface area contributed by atoms with Crippen molar-refractivity contribution in [2.45, 2.75) is 82.3 Å². The molecule has 3 fully saturated rings. The molecule has 19 heteroatoms. The van der Waals surface area contributed by atoms with Crippen LogP contribution < -0.4 is 28.6 Å². The van der Waals surface area contributed by atoms with Crippen LogP contribution in [0.3, 0.4) is 0 Å². The third-order valence-corrected chi connectivity index (χ3v) is 13.1. The van der Waals surface area contributed by atoms with Gasteiger partial charge >= 0.3 is 19.5 Å². The first kappa shape index (κ1) is 40.5. The second-order valence-corrected chi connectivity index (χ2v) is 16.9. The van der Waals surface area contributed by atoms with E-state index in [0.717, 1.165) is 0 Å². The summed E-state index contributed by atoms with van der Waals surface area (Å²) in [6, 6.07) is 6.74. The van der Waals surface area contributed by atoms with Crippen molar-refractivity contribution in [1.82, 2.24) is 5.09 Å². The number of carboxylic acid groups (broad SMARTS) is 1. The Morgan fingerprint density at radius 1 is 0.982 bits per heavy atom. The van der Waals surface area contributed by atoms with Gasteiger partial charge in [-0.1, -0.05) is 13.8 Å². The van der Waals surface area contributed by atoms with Gasteiger partial charge in [0.25, 0.3) is 0 Å². The van der Waals surface area contributed by atoms with Gasteiger partial charge in [0.1, 0.15) is 36.3 Å². The zero-order valence-corrected chi connectivity index (χ0v) is 32.9. The second kappa shape index (κ2) is 15.6. The fraction of sp³-hybridized carbons (Fsp3) is 0.622. The van der Waals surface area contributed by atoms with E-state index in [1.165, 1.54) is 28.3 Å². The molecule has 0 saturated carbocycles. The molecule has 56 heavy (non-hydrogen) atoms. The number of fused-ring (bicyclic) bond motifs is 4. The largest absolute Gasteiger partial charge is 0.493 e. The second-order valence-electron chi connectivity index (χ2n) is 14.9. The number of aliphatic hydroxyl groups excluding tert-OH is 2. The van der Waals surface area contributed by atoms with Gasteiger partial charge in [-0.25, -0.2) is 5.09 Å². The summed E-state index contributed by atoms with van der Waals surface area (Å²) in [5, 5.41) is 35.1. The Hall–Kier alpha value is -3.71. The molecule has 0 radical (unpaired) electrons. The van der Waals surface area contributed by atoms with Gasteiger partial charge in [0, 0.05) is 18.9 Å². The minimum Gasteiger partial charge on any atom is -0.493 e. The fourth-order valence-corrected chi connectivity index (χ4v) is 10.0. The van der Waals surface area contributed by atoms with Gasteiger partial charge in [-0.05, 0) is 60.7 Å². The Kier molecular flexibility index (Phi) is 11.3. The van der Waals surface area contributed by atoms with Gasteiger partial charge in [0.2, 0.25) is 12.5 Å². The number of carbonyl (C=O) groups excluding carboxylic acids is 1. The van der Waals surface area contributed by atoms with Crippen molar-refractivity contribution < 1.29 is 81.4 Å². The van der Waals surface area contributed by atoms with Gasteiger partial charge in [0.05, 0.1) is 39.5 Å². The van der Waals surface area contributed by atoms with Crippen molar-refractivity contribution in [3.8, 4) is 28.7 Å². The molecule has 2 aromatic rings. The third kappa shape index (κ3) is 7.09. The number of methoxy groups -OCH3 is 3. The Morgan fingerprint density at radius 3 is 2.25 bits per heavy atom. The summed E-state index contributed by atoms with van der Waals surface area (Å²) >= 11 is 0. The smallest absolute Gasteiger partial charge is 0.343 e. The Balaban J connectivity index is 1.29. The summed E-state index contributed by atoms with van der Waals surface area (Å²) in [5.74, 6) is -3.60. The van der Waals surface area contributed by atoms with Crippen molar-refractivity contribution in [3.63, 3.8) is 0 Å². The standard InChI is InChI=1S/C37H48NO17P/c1-16(2)37(4,36(42)43)38-56(44,15-45-5)55-32-24(46-6)8-18(9-25(32)47-7)27-19-10-22-23(51-14-50-22)11-20(19)31(21-12-49-34(41)28(21)27)54-35-30(40)29(39)33-26(53-35)13-48-17(3)52-33/h8-11,16-17,21,26-31,33,35,39-40H,12-15H2,1-7H3,(H,38,44)(H,42,43)/t17-,21+,26-,27-,28+,29-,30-,31-,33-,35+,37+,56?/m1/s1. The first-order valence-corrected chi connectivity index (χ1v) is 20.0. The van der Waals surface area contributed by atoms with Crippen LogP contribution in [0.4, 0.5) is 0 Å². The first-order valence-electron chi connectivity index (χ1n) is 18.2. The molecule has 18 nitrogen and oxygen atoms in total. The number of cyclic esters (lactones) is 1. The van der Waals surface area contributed by atoms with Gasteiger partial charge < -0.3 is 67.2 Å². The molecule has 1 unspecified atom stereocenters. The van der Waals surface area contributed by atoms with Crippen molar-refractivity contribution in [3.05, 3.63) is 41.0 Å². The SMILES string of the molecule is COCP(=O)(N[C@](C)(C(=O)O)C(C)C)Oc1c(OC)cc([C@@H]2c3cc4c(cc3[C@@H](O[C@@H]3O[C@@H]5CO[C@@H](C)O[C@H]5[C@H](O)[C@H]3O)[C@H]3COC(=O)[C@H]23)OCO4)cc1OC. The van der Waals surface area contributed by atoms with Crippen LogP contribution in [0.5, 0.6) is 28.7 Å². The number of rotatable bonds is 13.